The summed E-state index contributed by atoms with van der Waals surface area (Å²) in [4.78, 5) is 0.258. The first-order chi connectivity index (χ1) is 9.56. The van der Waals surface area contributed by atoms with Crippen LogP contribution in [-0.2, 0) is 16.4 Å². The molecule has 0 fully saturated rings. The zero-order valence-electron chi connectivity index (χ0n) is 11.1. The molecule has 104 valence electrons. The third-order valence-corrected chi connectivity index (χ3v) is 4.62. The second kappa shape index (κ2) is 4.83. The molecule has 1 N–H and O–H groups in total. The molecule has 4 nitrogen and oxygen atoms in total. The van der Waals surface area contributed by atoms with Gasteiger partial charge in [-0.1, -0.05) is 24.3 Å². The van der Waals surface area contributed by atoms with Crippen molar-refractivity contribution in [2.24, 2.45) is 0 Å². The Hall–Kier alpha value is -2.01. The molecular weight excluding hydrogens is 274 g/mol. The molecule has 0 atom stereocenters. The first-order valence-corrected chi connectivity index (χ1v) is 7.89. The van der Waals surface area contributed by atoms with E-state index in [1.54, 1.807) is 24.3 Å². The topological polar surface area (TPSA) is 55.4 Å². The van der Waals surface area contributed by atoms with Gasteiger partial charge in [0.2, 0.25) is 0 Å². The summed E-state index contributed by atoms with van der Waals surface area (Å²) in [6, 6.07) is 12.3. The second-order valence-corrected chi connectivity index (χ2v) is 6.50. The van der Waals surface area contributed by atoms with Gasteiger partial charge in [0.05, 0.1) is 17.2 Å². The van der Waals surface area contributed by atoms with Crippen LogP contribution in [0.1, 0.15) is 11.1 Å². The van der Waals surface area contributed by atoms with Gasteiger partial charge in [-0.3, -0.25) is 4.72 Å². The van der Waals surface area contributed by atoms with Gasteiger partial charge in [-0.2, -0.15) is 0 Å². The molecule has 5 heteroatoms. The predicted molar refractivity (Wildman–Crippen MR) is 77.6 cm³/mol. The van der Waals surface area contributed by atoms with Crippen LogP contribution in [0.4, 0.5) is 5.69 Å². The first-order valence-electron chi connectivity index (χ1n) is 6.40. The van der Waals surface area contributed by atoms with Crippen molar-refractivity contribution >= 4 is 15.7 Å². The minimum absolute atomic E-state index is 0.258. The van der Waals surface area contributed by atoms with Gasteiger partial charge in [-0.05, 0) is 36.2 Å². The number of ether oxygens (including phenoxy) is 1. The van der Waals surface area contributed by atoms with E-state index < -0.39 is 10.0 Å². The quantitative estimate of drug-likeness (QED) is 0.945. The third kappa shape index (κ3) is 2.36. The van der Waals surface area contributed by atoms with Gasteiger partial charge in [0, 0.05) is 6.42 Å². The summed E-state index contributed by atoms with van der Waals surface area (Å²) >= 11 is 0. The fourth-order valence-electron chi connectivity index (χ4n) is 2.28. The Bertz CT molecular complexity index is 753. The summed E-state index contributed by atoms with van der Waals surface area (Å²) in [5.74, 6) is 0.642. The zero-order chi connectivity index (χ0) is 14.2. The Morgan fingerprint density at radius 1 is 1.15 bits per heavy atom. The normalized spacial score (nSPS) is 13.7. The van der Waals surface area contributed by atoms with E-state index in [0.717, 1.165) is 17.5 Å². The Morgan fingerprint density at radius 3 is 2.75 bits per heavy atom. The lowest BCUT2D eigenvalue weighted by molar-refractivity contribution is 0.358. The minimum atomic E-state index is -3.59. The standard InChI is InChI=1S/C15H15NO3S/c1-11-4-2-6-13(10-11)20(17,18)16-14-7-3-5-12-8-9-19-15(12)14/h2-7,10,16H,8-9H2,1H3. The number of anilines is 1. The number of hydrogen-bond acceptors (Lipinski definition) is 3. The van der Waals surface area contributed by atoms with Gasteiger partial charge in [-0.15, -0.1) is 0 Å². The lowest BCUT2D eigenvalue weighted by atomic mass is 10.1. The third-order valence-electron chi connectivity index (χ3n) is 3.26. The highest BCUT2D eigenvalue weighted by molar-refractivity contribution is 7.92. The molecule has 2 aromatic rings. The minimum Gasteiger partial charge on any atom is -0.491 e. The van der Waals surface area contributed by atoms with Crippen molar-refractivity contribution in [2.75, 3.05) is 11.3 Å². The van der Waals surface area contributed by atoms with Crippen molar-refractivity contribution in [3.63, 3.8) is 0 Å². The number of fused-ring (bicyclic) bond motifs is 1. The number of rotatable bonds is 3. The smallest absolute Gasteiger partial charge is 0.262 e. The highest BCUT2D eigenvalue weighted by Crippen LogP contribution is 2.34. The molecule has 0 aliphatic carbocycles. The van der Waals surface area contributed by atoms with E-state index in [-0.39, 0.29) is 4.90 Å². The predicted octanol–water partition coefficient (Wildman–Crippen LogP) is 2.73. The lowest BCUT2D eigenvalue weighted by Crippen LogP contribution is -2.13. The fraction of sp³-hybridized carbons (Fsp3) is 0.200. The SMILES string of the molecule is Cc1cccc(S(=O)(=O)Nc2cccc3c2OCC3)c1. The Kier molecular flexibility index (Phi) is 3.14. The molecule has 0 saturated carbocycles. The van der Waals surface area contributed by atoms with E-state index in [9.17, 15) is 8.42 Å². The van der Waals surface area contributed by atoms with Crippen molar-refractivity contribution in [3.05, 3.63) is 53.6 Å². The molecule has 1 aliphatic rings. The molecule has 0 unspecified atom stereocenters. The van der Waals surface area contributed by atoms with E-state index in [2.05, 4.69) is 4.72 Å². The summed E-state index contributed by atoms with van der Waals surface area (Å²) < 4.78 is 32.9. The largest absolute Gasteiger partial charge is 0.491 e. The molecule has 0 amide bonds. The van der Waals surface area contributed by atoms with Crippen molar-refractivity contribution in [3.8, 4) is 5.75 Å². The average Bonchev–Trinajstić information content (AvgIpc) is 2.88. The van der Waals surface area contributed by atoms with E-state index in [4.69, 9.17) is 4.74 Å². The molecule has 1 aliphatic heterocycles. The maximum atomic E-state index is 12.4. The highest BCUT2D eigenvalue weighted by Gasteiger charge is 2.21. The number of aryl methyl sites for hydroxylation is 1. The summed E-state index contributed by atoms with van der Waals surface area (Å²) in [6.45, 7) is 2.46. The molecule has 2 aromatic carbocycles. The van der Waals surface area contributed by atoms with E-state index in [1.807, 2.05) is 25.1 Å². The Labute approximate surface area is 118 Å². The monoisotopic (exact) mass is 289 g/mol. The maximum Gasteiger partial charge on any atom is 0.262 e. The first kappa shape index (κ1) is 13.0. The van der Waals surface area contributed by atoms with E-state index in [1.165, 1.54) is 0 Å². The van der Waals surface area contributed by atoms with Crippen LogP contribution < -0.4 is 9.46 Å². The molecule has 0 aromatic heterocycles. The van der Waals surface area contributed by atoms with Crippen molar-refractivity contribution < 1.29 is 13.2 Å². The lowest BCUT2D eigenvalue weighted by Gasteiger charge is -2.11. The molecule has 1 heterocycles. The van der Waals surface area contributed by atoms with E-state index in [0.29, 0.717) is 18.0 Å². The van der Waals surface area contributed by atoms with Crippen molar-refractivity contribution in [1.82, 2.24) is 0 Å². The van der Waals surface area contributed by atoms with Gasteiger partial charge in [0.1, 0.15) is 5.75 Å². The van der Waals surface area contributed by atoms with Gasteiger partial charge in [-0.25, -0.2) is 8.42 Å². The molecule has 3 rings (SSSR count). The van der Waals surface area contributed by atoms with E-state index >= 15 is 0 Å². The van der Waals surface area contributed by atoms with Crippen LogP contribution in [0.25, 0.3) is 0 Å². The summed E-state index contributed by atoms with van der Waals surface area (Å²) in [5.41, 5.74) is 2.44. The van der Waals surface area contributed by atoms with Gasteiger partial charge < -0.3 is 4.74 Å². The molecule has 20 heavy (non-hydrogen) atoms. The second-order valence-electron chi connectivity index (χ2n) is 4.81. The van der Waals surface area contributed by atoms with Crippen LogP contribution in [0, 0.1) is 6.92 Å². The number of nitrogens with one attached hydrogen (secondary N) is 1. The van der Waals surface area contributed by atoms with Gasteiger partial charge >= 0.3 is 0 Å². The van der Waals surface area contributed by atoms with Gasteiger partial charge in [0.15, 0.2) is 0 Å². The number of para-hydroxylation sites is 1. The molecule has 0 saturated heterocycles. The van der Waals surface area contributed by atoms with Crippen molar-refractivity contribution in [2.45, 2.75) is 18.2 Å². The Balaban J connectivity index is 1.97. The Morgan fingerprint density at radius 2 is 1.95 bits per heavy atom. The zero-order valence-corrected chi connectivity index (χ0v) is 11.9. The van der Waals surface area contributed by atoms with Crippen LogP contribution >= 0.6 is 0 Å². The van der Waals surface area contributed by atoms with Crippen molar-refractivity contribution in [1.29, 1.82) is 0 Å². The van der Waals surface area contributed by atoms with Gasteiger partial charge in [0.25, 0.3) is 10.0 Å². The number of hydrogen-bond donors (Lipinski definition) is 1. The molecule has 0 spiro atoms. The molecule has 0 radical (unpaired) electrons. The number of sulfonamides is 1. The van der Waals surface area contributed by atoms with Crippen LogP contribution in [0.2, 0.25) is 0 Å². The highest BCUT2D eigenvalue weighted by atomic mass is 32.2. The number of benzene rings is 2. The molecule has 0 bridgehead atoms. The maximum absolute atomic E-state index is 12.4. The van der Waals surface area contributed by atoms with Crippen LogP contribution in [0.15, 0.2) is 47.4 Å². The molecular formula is C15H15NO3S. The summed E-state index contributed by atoms with van der Waals surface area (Å²) in [7, 11) is -3.59. The van der Waals surface area contributed by atoms with Crippen LogP contribution in [0.5, 0.6) is 5.75 Å². The summed E-state index contributed by atoms with van der Waals surface area (Å²) in [5, 5.41) is 0. The average molecular weight is 289 g/mol. The van der Waals surface area contributed by atoms with Crippen LogP contribution in [-0.4, -0.2) is 15.0 Å². The van der Waals surface area contributed by atoms with Crippen LogP contribution in [0.3, 0.4) is 0 Å². The summed E-state index contributed by atoms with van der Waals surface area (Å²) in [6.07, 6.45) is 0.815. The fourth-order valence-corrected chi connectivity index (χ4v) is 3.45.